The van der Waals surface area contributed by atoms with E-state index in [4.69, 9.17) is 9.15 Å². The van der Waals surface area contributed by atoms with Gasteiger partial charge in [-0.1, -0.05) is 5.10 Å². The molecule has 1 aromatic heterocycles. The summed E-state index contributed by atoms with van der Waals surface area (Å²) in [6.45, 7) is 1.70. The highest BCUT2D eigenvalue weighted by Gasteiger charge is 2.32. The number of methoxy groups -OCH3 is 1. The van der Waals surface area contributed by atoms with Crippen molar-refractivity contribution in [3.8, 4) is 0 Å². The van der Waals surface area contributed by atoms with E-state index in [0.29, 0.717) is 38.4 Å². The Balaban J connectivity index is 1.84. The molecule has 2 N–H and O–H groups in total. The van der Waals surface area contributed by atoms with Gasteiger partial charge in [0, 0.05) is 27.1 Å². The third kappa shape index (κ3) is 3.99. The molecule has 9 nitrogen and oxygen atoms in total. The van der Waals surface area contributed by atoms with Crippen LogP contribution in [0.3, 0.4) is 0 Å². The minimum absolute atomic E-state index is 0.174. The van der Waals surface area contributed by atoms with E-state index >= 15 is 0 Å². The van der Waals surface area contributed by atoms with Gasteiger partial charge in [-0.3, -0.25) is 14.5 Å². The largest absolute Gasteiger partial charge is 0.407 e. The highest BCUT2D eigenvalue weighted by atomic mass is 16.5. The van der Waals surface area contributed by atoms with Gasteiger partial charge >= 0.3 is 6.01 Å². The van der Waals surface area contributed by atoms with Gasteiger partial charge in [-0.25, -0.2) is 0 Å². The number of carbonyl (C=O) groups is 2. The number of carbonyl (C=O) groups excluding carboxylic acids is 2. The Morgan fingerprint density at radius 1 is 1.43 bits per heavy atom. The third-order valence-electron chi connectivity index (χ3n) is 3.17. The number of nitrogens with zero attached hydrogens (tertiary/aromatic N) is 3. The lowest BCUT2D eigenvalue weighted by Gasteiger charge is -2.27. The van der Waals surface area contributed by atoms with Gasteiger partial charge in [0.1, 0.15) is 6.04 Å². The maximum atomic E-state index is 11.9. The molecule has 1 aliphatic rings. The average Bonchev–Trinajstić information content (AvgIpc) is 2.92. The van der Waals surface area contributed by atoms with Crippen LogP contribution in [-0.4, -0.2) is 60.3 Å². The van der Waals surface area contributed by atoms with E-state index in [1.807, 2.05) is 0 Å². The number of hydrogen-bond acceptors (Lipinski definition) is 8. The van der Waals surface area contributed by atoms with Crippen LogP contribution in [0, 0.1) is 0 Å². The number of hydrogen-bond donors (Lipinski definition) is 2. The van der Waals surface area contributed by atoms with Crippen LogP contribution in [0.2, 0.25) is 0 Å². The summed E-state index contributed by atoms with van der Waals surface area (Å²) in [5, 5.41) is 13.6. The number of piperidine rings is 1. The Labute approximate surface area is 122 Å². The van der Waals surface area contributed by atoms with E-state index in [1.165, 1.54) is 7.05 Å². The molecule has 0 bridgehead atoms. The van der Waals surface area contributed by atoms with Crippen molar-refractivity contribution in [1.82, 2.24) is 20.4 Å². The Morgan fingerprint density at radius 3 is 3.00 bits per heavy atom. The lowest BCUT2D eigenvalue weighted by molar-refractivity contribution is -0.146. The normalized spacial score (nSPS) is 19.1. The van der Waals surface area contributed by atoms with E-state index in [1.54, 1.807) is 7.11 Å². The van der Waals surface area contributed by atoms with Crippen LogP contribution < -0.4 is 10.6 Å². The number of aromatic nitrogens is 2. The van der Waals surface area contributed by atoms with Gasteiger partial charge in [0.25, 0.3) is 5.91 Å². The predicted molar refractivity (Wildman–Crippen MR) is 72.3 cm³/mol. The molecular weight excluding hydrogens is 278 g/mol. The molecule has 0 saturated carbocycles. The van der Waals surface area contributed by atoms with Crippen molar-refractivity contribution in [3.05, 3.63) is 5.89 Å². The maximum Gasteiger partial charge on any atom is 0.316 e. The van der Waals surface area contributed by atoms with Gasteiger partial charge in [0.05, 0.1) is 13.2 Å². The van der Waals surface area contributed by atoms with Crippen LogP contribution in [0.5, 0.6) is 0 Å². The van der Waals surface area contributed by atoms with E-state index in [9.17, 15) is 9.59 Å². The van der Waals surface area contributed by atoms with Crippen molar-refractivity contribution in [2.24, 2.45) is 0 Å². The molecule has 1 saturated heterocycles. The van der Waals surface area contributed by atoms with Crippen LogP contribution in [-0.2, 0) is 20.9 Å². The summed E-state index contributed by atoms with van der Waals surface area (Å²) >= 11 is 0. The Hall–Kier alpha value is -2.00. The summed E-state index contributed by atoms with van der Waals surface area (Å²) in [6.07, 6.45) is 0.741. The summed E-state index contributed by atoms with van der Waals surface area (Å²) in [7, 11) is 3.09. The minimum Gasteiger partial charge on any atom is -0.407 e. The van der Waals surface area contributed by atoms with Gasteiger partial charge < -0.3 is 19.8 Å². The number of likely N-dealkylation sites (tertiary alicyclic amines) is 1. The lowest BCUT2D eigenvalue weighted by Crippen LogP contribution is -2.48. The second kappa shape index (κ2) is 7.14. The number of likely N-dealkylation sites (N-methyl/N-ethyl adjacent to an activating group) is 1. The monoisotopic (exact) mass is 297 g/mol. The van der Waals surface area contributed by atoms with Crippen LogP contribution in [0.15, 0.2) is 4.42 Å². The molecule has 0 radical (unpaired) electrons. The highest BCUT2D eigenvalue weighted by molar-refractivity contribution is 6.01. The zero-order valence-corrected chi connectivity index (χ0v) is 12.1. The highest BCUT2D eigenvalue weighted by Crippen LogP contribution is 2.16. The molecule has 9 heteroatoms. The fourth-order valence-corrected chi connectivity index (χ4v) is 1.95. The van der Waals surface area contributed by atoms with Crippen LogP contribution in [0.1, 0.15) is 18.7 Å². The van der Waals surface area contributed by atoms with E-state index in [-0.39, 0.29) is 17.8 Å². The first kappa shape index (κ1) is 15.4. The Kier molecular flexibility index (Phi) is 5.23. The fraction of sp³-hybridized carbons (Fsp3) is 0.667. The molecule has 1 aromatic rings. The Morgan fingerprint density at radius 2 is 2.24 bits per heavy atom. The molecule has 1 fully saturated rings. The molecule has 1 aliphatic heterocycles. The van der Waals surface area contributed by atoms with E-state index in [0.717, 1.165) is 4.90 Å². The van der Waals surface area contributed by atoms with Gasteiger partial charge in [0.2, 0.25) is 11.8 Å². The molecule has 1 atom stereocenters. The molecule has 0 aliphatic carbocycles. The van der Waals surface area contributed by atoms with Crippen LogP contribution in [0.4, 0.5) is 6.01 Å². The number of imide groups is 1. The average molecular weight is 297 g/mol. The summed E-state index contributed by atoms with van der Waals surface area (Å²) in [5.74, 6) is -0.0443. The number of nitrogens with one attached hydrogen (secondary N) is 2. The molecule has 21 heavy (non-hydrogen) atoms. The van der Waals surface area contributed by atoms with Gasteiger partial charge in [-0.05, 0) is 6.42 Å². The number of ether oxygens (including phenoxy) is 1. The second-order valence-electron chi connectivity index (χ2n) is 4.70. The van der Waals surface area contributed by atoms with Crippen molar-refractivity contribution < 1.29 is 18.7 Å². The number of amides is 2. The zero-order valence-electron chi connectivity index (χ0n) is 12.1. The van der Waals surface area contributed by atoms with Crippen molar-refractivity contribution in [3.63, 3.8) is 0 Å². The molecule has 2 heterocycles. The molecule has 1 unspecified atom stereocenters. The first-order chi connectivity index (χ1) is 10.1. The second-order valence-corrected chi connectivity index (χ2v) is 4.70. The Bertz CT molecular complexity index is 504. The SMILES string of the molecule is COCCNCc1nnc(NC2CCC(=O)N(C)C2=O)o1. The summed E-state index contributed by atoms with van der Waals surface area (Å²) in [4.78, 5) is 24.4. The number of rotatable bonds is 7. The minimum atomic E-state index is -0.512. The maximum absolute atomic E-state index is 11.9. The quantitative estimate of drug-likeness (QED) is 0.505. The van der Waals surface area contributed by atoms with Crippen LogP contribution >= 0.6 is 0 Å². The van der Waals surface area contributed by atoms with E-state index in [2.05, 4.69) is 20.8 Å². The predicted octanol–water partition coefficient (Wildman–Crippen LogP) is -0.635. The van der Waals surface area contributed by atoms with E-state index < -0.39 is 6.04 Å². The molecule has 2 amide bonds. The smallest absolute Gasteiger partial charge is 0.316 e. The summed E-state index contributed by atoms with van der Waals surface area (Å²) in [5.41, 5.74) is 0. The fourth-order valence-electron chi connectivity index (χ4n) is 1.95. The molecular formula is C12H19N5O4. The first-order valence-corrected chi connectivity index (χ1v) is 6.70. The summed E-state index contributed by atoms with van der Waals surface area (Å²) < 4.78 is 10.3. The van der Waals surface area contributed by atoms with Gasteiger partial charge in [0.15, 0.2) is 0 Å². The standard InChI is InChI=1S/C12H19N5O4/c1-17-10(18)4-3-8(11(17)19)14-12-16-15-9(21-12)7-13-5-6-20-2/h8,13H,3-7H2,1-2H3,(H,14,16). The van der Waals surface area contributed by atoms with Crippen molar-refractivity contribution in [1.29, 1.82) is 0 Å². The van der Waals surface area contributed by atoms with Gasteiger partial charge in [-0.15, -0.1) is 5.10 Å². The number of anilines is 1. The van der Waals surface area contributed by atoms with Crippen molar-refractivity contribution in [2.75, 3.05) is 32.6 Å². The molecule has 116 valence electrons. The zero-order chi connectivity index (χ0) is 15.2. The third-order valence-corrected chi connectivity index (χ3v) is 3.17. The lowest BCUT2D eigenvalue weighted by atomic mass is 10.1. The molecule has 0 spiro atoms. The topological polar surface area (TPSA) is 110 Å². The summed E-state index contributed by atoms with van der Waals surface area (Å²) in [6, 6.07) is -0.331. The van der Waals surface area contributed by atoms with Crippen molar-refractivity contribution >= 4 is 17.8 Å². The first-order valence-electron chi connectivity index (χ1n) is 6.70. The molecule has 2 rings (SSSR count). The van der Waals surface area contributed by atoms with Crippen LogP contribution in [0.25, 0.3) is 0 Å². The molecule has 0 aromatic carbocycles. The van der Waals surface area contributed by atoms with Crippen molar-refractivity contribution in [2.45, 2.75) is 25.4 Å². The van der Waals surface area contributed by atoms with Gasteiger partial charge in [-0.2, -0.15) is 0 Å².